The zero-order valence-electron chi connectivity index (χ0n) is 10.2. The van der Waals surface area contributed by atoms with Gasteiger partial charge in [0.1, 0.15) is 17.3 Å². The molecule has 2 nitrogen and oxygen atoms in total. The zero-order chi connectivity index (χ0) is 13.8. The summed E-state index contributed by atoms with van der Waals surface area (Å²) in [4.78, 5) is 0. The lowest BCUT2D eigenvalue weighted by Crippen LogP contribution is -2.08. The summed E-state index contributed by atoms with van der Waals surface area (Å²) >= 11 is 9.24. The average Bonchev–Trinajstić information content (AvgIpc) is 2.37. The van der Waals surface area contributed by atoms with E-state index in [9.17, 15) is 4.39 Å². The Bertz CT molecular complexity index is 592. The van der Waals surface area contributed by atoms with E-state index in [0.717, 1.165) is 4.47 Å². The number of halogens is 3. The van der Waals surface area contributed by atoms with E-state index in [1.807, 2.05) is 0 Å². The van der Waals surface area contributed by atoms with Gasteiger partial charge in [0, 0.05) is 17.1 Å². The van der Waals surface area contributed by atoms with Gasteiger partial charge in [0.2, 0.25) is 0 Å². The number of benzene rings is 2. The fraction of sp³-hybridized carbons (Fsp3) is 0.143. The Balaban J connectivity index is 2.35. The molecule has 0 atom stereocenters. The number of nitrogens with one attached hydrogen (secondary N) is 1. The van der Waals surface area contributed by atoms with E-state index in [1.54, 1.807) is 37.4 Å². The third-order valence-electron chi connectivity index (χ3n) is 2.54. The van der Waals surface area contributed by atoms with E-state index in [0.29, 0.717) is 28.6 Å². The topological polar surface area (TPSA) is 21.3 Å². The molecule has 0 radical (unpaired) electrons. The van der Waals surface area contributed by atoms with Crippen LogP contribution in [0.5, 0.6) is 11.5 Å². The Morgan fingerprint density at radius 1 is 1.26 bits per heavy atom. The summed E-state index contributed by atoms with van der Waals surface area (Å²) in [5, 5.41) is 3.53. The first-order valence-corrected chi connectivity index (χ1v) is 6.84. The molecule has 100 valence electrons. The molecule has 5 heteroatoms. The SMILES string of the molecule is CNCc1c(F)cccc1Oc1ccc(Cl)cc1Br. The molecule has 2 aromatic carbocycles. The van der Waals surface area contributed by atoms with Crippen LogP contribution in [-0.4, -0.2) is 7.05 Å². The monoisotopic (exact) mass is 343 g/mol. The quantitative estimate of drug-likeness (QED) is 0.864. The first-order chi connectivity index (χ1) is 9.11. The van der Waals surface area contributed by atoms with Gasteiger partial charge in [0.15, 0.2) is 0 Å². The molecule has 0 aliphatic rings. The van der Waals surface area contributed by atoms with E-state index in [4.69, 9.17) is 16.3 Å². The molecule has 0 bridgehead atoms. The van der Waals surface area contributed by atoms with Crippen molar-refractivity contribution < 1.29 is 9.13 Å². The van der Waals surface area contributed by atoms with Crippen molar-refractivity contribution in [1.29, 1.82) is 0 Å². The maximum atomic E-state index is 13.8. The molecule has 0 spiro atoms. The molecule has 0 heterocycles. The van der Waals surface area contributed by atoms with Crippen LogP contribution in [0.4, 0.5) is 4.39 Å². The molecule has 0 aliphatic carbocycles. The Kier molecular flexibility index (Phi) is 4.80. The molecule has 0 amide bonds. The van der Waals surface area contributed by atoms with Crippen LogP contribution in [0.25, 0.3) is 0 Å². The van der Waals surface area contributed by atoms with Crippen LogP contribution in [0.2, 0.25) is 5.02 Å². The average molecular weight is 345 g/mol. The smallest absolute Gasteiger partial charge is 0.141 e. The third-order valence-corrected chi connectivity index (χ3v) is 3.40. The highest BCUT2D eigenvalue weighted by Crippen LogP contribution is 2.33. The van der Waals surface area contributed by atoms with Crippen LogP contribution in [0, 0.1) is 5.82 Å². The van der Waals surface area contributed by atoms with Gasteiger partial charge >= 0.3 is 0 Å². The highest BCUT2D eigenvalue weighted by molar-refractivity contribution is 9.10. The summed E-state index contributed by atoms with van der Waals surface area (Å²) in [5.74, 6) is 0.779. The van der Waals surface area contributed by atoms with Gasteiger partial charge in [-0.05, 0) is 53.3 Å². The largest absolute Gasteiger partial charge is 0.456 e. The highest BCUT2D eigenvalue weighted by atomic mass is 79.9. The van der Waals surface area contributed by atoms with Crippen molar-refractivity contribution in [3.63, 3.8) is 0 Å². The minimum Gasteiger partial charge on any atom is -0.456 e. The van der Waals surface area contributed by atoms with E-state index in [2.05, 4.69) is 21.2 Å². The fourth-order valence-electron chi connectivity index (χ4n) is 1.66. The highest BCUT2D eigenvalue weighted by Gasteiger charge is 2.11. The minimum absolute atomic E-state index is 0.295. The number of ether oxygens (including phenoxy) is 1. The molecule has 0 saturated heterocycles. The molecule has 2 aromatic rings. The van der Waals surface area contributed by atoms with Gasteiger partial charge in [-0.2, -0.15) is 0 Å². The Hall–Kier alpha value is -1.10. The first-order valence-electron chi connectivity index (χ1n) is 5.66. The van der Waals surface area contributed by atoms with Crippen molar-refractivity contribution in [2.45, 2.75) is 6.54 Å². The predicted octanol–water partition coefficient (Wildman–Crippen LogP) is 4.75. The van der Waals surface area contributed by atoms with Crippen molar-refractivity contribution in [2.75, 3.05) is 7.05 Å². The van der Waals surface area contributed by atoms with Crippen molar-refractivity contribution in [3.05, 3.63) is 57.3 Å². The van der Waals surface area contributed by atoms with Gasteiger partial charge in [0.25, 0.3) is 0 Å². The predicted molar refractivity (Wildman–Crippen MR) is 78.4 cm³/mol. The molecular weight excluding hydrogens is 333 g/mol. The van der Waals surface area contributed by atoms with Crippen LogP contribution >= 0.6 is 27.5 Å². The summed E-state index contributed by atoms with van der Waals surface area (Å²) in [5.41, 5.74) is 0.492. The standard InChI is InChI=1S/C14H12BrClFNO/c1-18-8-10-12(17)3-2-4-13(10)19-14-6-5-9(16)7-11(14)15/h2-7,18H,8H2,1H3. The van der Waals surface area contributed by atoms with Crippen molar-refractivity contribution >= 4 is 27.5 Å². The molecule has 0 aromatic heterocycles. The van der Waals surface area contributed by atoms with E-state index in [1.165, 1.54) is 6.07 Å². The lowest BCUT2D eigenvalue weighted by atomic mass is 10.2. The summed E-state index contributed by atoms with van der Waals surface area (Å²) in [6.45, 7) is 0.396. The van der Waals surface area contributed by atoms with E-state index < -0.39 is 0 Å². The van der Waals surface area contributed by atoms with Gasteiger partial charge in [0.05, 0.1) is 4.47 Å². The molecule has 0 saturated carbocycles. The van der Waals surface area contributed by atoms with Gasteiger partial charge in [-0.25, -0.2) is 4.39 Å². The van der Waals surface area contributed by atoms with Gasteiger partial charge < -0.3 is 10.1 Å². The summed E-state index contributed by atoms with van der Waals surface area (Å²) in [7, 11) is 1.76. The number of hydrogen-bond acceptors (Lipinski definition) is 2. The van der Waals surface area contributed by atoms with Crippen molar-refractivity contribution in [1.82, 2.24) is 5.32 Å². The lowest BCUT2D eigenvalue weighted by molar-refractivity contribution is 0.461. The number of hydrogen-bond donors (Lipinski definition) is 1. The molecule has 0 fully saturated rings. The summed E-state index contributed by atoms with van der Waals surface area (Å²) in [6, 6.07) is 9.95. The second kappa shape index (κ2) is 6.37. The van der Waals surface area contributed by atoms with Crippen LogP contribution in [0.1, 0.15) is 5.56 Å². The molecule has 0 aliphatic heterocycles. The minimum atomic E-state index is -0.295. The number of rotatable bonds is 4. The third kappa shape index (κ3) is 3.47. The van der Waals surface area contributed by atoms with Crippen molar-refractivity contribution in [3.8, 4) is 11.5 Å². The second-order valence-electron chi connectivity index (χ2n) is 3.92. The second-order valence-corrected chi connectivity index (χ2v) is 5.21. The zero-order valence-corrected chi connectivity index (χ0v) is 12.6. The maximum Gasteiger partial charge on any atom is 0.141 e. The van der Waals surface area contributed by atoms with Crippen LogP contribution in [0.15, 0.2) is 40.9 Å². The fourth-order valence-corrected chi connectivity index (χ4v) is 2.42. The Morgan fingerprint density at radius 2 is 2.05 bits per heavy atom. The summed E-state index contributed by atoms with van der Waals surface area (Å²) < 4.78 is 20.2. The van der Waals surface area contributed by atoms with E-state index >= 15 is 0 Å². The van der Waals surface area contributed by atoms with Gasteiger partial charge in [-0.15, -0.1) is 0 Å². The molecule has 0 unspecified atom stereocenters. The van der Waals surface area contributed by atoms with Crippen molar-refractivity contribution in [2.24, 2.45) is 0 Å². The summed E-state index contributed by atoms with van der Waals surface area (Å²) in [6.07, 6.45) is 0. The molecular formula is C14H12BrClFNO. The molecule has 2 rings (SSSR count). The van der Waals surface area contributed by atoms with E-state index in [-0.39, 0.29) is 5.82 Å². The van der Waals surface area contributed by atoms with Crippen LogP contribution in [-0.2, 0) is 6.54 Å². The van der Waals surface area contributed by atoms with Crippen LogP contribution in [0.3, 0.4) is 0 Å². The Labute approximate surface area is 124 Å². The van der Waals surface area contributed by atoms with Gasteiger partial charge in [-0.3, -0.25) is 0 Å². The lowest BCUT2D eigenvalue weighted by Gasteiger charge is -2.13. The first kappa shape index (κ1) is 14.3. The maximum absolute atomic E-state index is 13.8. The molecule has 19 heavy (non-hydrogen) atoms. The van der Waals surface area contributed by atoms with Crippen LogP contribution < -0.4 is 10.1 Å². The Morgan fingerprint density at radius 3 is 2.74 bits per heavy atom. The molecule has 1 N–H and O–H groups in total. The normalized spacial score (nSPS) is 10.5. The van der Waals surface area contributed by atoms with Gasteiger partial charge in [-0.1, -0.05) is 17.7 Å².